The lowest BCUT2D eigenvalue weighted by Crippen LogP contribution is -2.36. The average molecular weight is 233 g/mol. The van der Waals surface area contributed by atoms with Crippen LogP contribution in [-0.4, -0.2) is 18.7 Å². The van der Waals surface area contributed by atoms with Crippen molar-refractivity contribution >= 4 is 0 Å². The van der Waals surface area contributed by atoms with Crippen molar-refractivity contribution in [3.63, 3.8) is 0 Å². The molecule has 17 heavy (non-hydrogen) atoms. The van der Waals surface area contributed by atoms with Crippen molar-refractivity contribution in [2.75, 3.05) is 6.54 Å². The lowest BCUT2D eigenvalue weighted by molar-refractivity contribution is 0.220. The molecule has 2 nitrogen and oxygen atoms in total. The van der Waals surface area contributed by atoms with Crippen LogP contribution < -0.4 is 10.1 Å². The summed E-state index contributed by atoms with van der Waals surface area (Å²) in [5.74, 6) is 1.08. The first-order valence-corrected chi connectivity index (χ1v) is 6.72. The molecule has 0 spiro atoms. The van der Waals surface area contributed by atoms with E-state index in [1.54, 1.807) is 0 Å². The van der Waals surface area contributed by atoms with E-state index < -0.39 is 0 Å². The minimum absolute atomic E-state index is 0.312. The number of ether oxygens (including phenoxy) is 1. The Morgan fingerprint density at radius 1 is 1.35 bits per heavy atom. The summed E-state index contributed by atoms with van der Waals surface area (Å²) in [6.07, 6.45) is 3.74. The molecule has 1 atom stereocenters. The third-order valence-corrected chi connectivity index (χ3v) is 3.58. The van der Waals surface area contributed by atoms with Gasteiger partial charge >= 0.3 is 0 Å². The van der Waals surface area contributed by atoms with Crippen LogP contribution in [0.3, 0.4) is 0 Å². The number of aryl methyl sites for hydroxylation is 1. The van der Waals surface area contributed by atoms with Crippen LogP contribution in [0.1, 0.15) is 37.8 Å². The quantitative estimate of drug-likeness (QED) is 0.844. The molecule has 1 aromatic rings. The van der Waals surface area contributed by atoms with E-state index >= 15 is 0 Å². The summed E-state index contributed by atoms with van der Waals surface area (Å²) >= 11 is 0. The van der Waals surface area contributed by atoms with Crippen LogP contribution in [0.25, 0.3) is 0 Å². The summed E-state index contributed by atoms with van der Waals surface area (Å²) in [7, 11) is 0. The minimum Gasteiger partial charge on any atom is -0.488 e. The zero-order valence-corrected chi connectivity index (χ0v) is 11.1. The molecule has 0 saturated carbocycles. The molecule has 1 aliphatic heterocycles. The minimum atomic E-state index is 0.312. The van der Waals surface area contributed by atoms with Crippen molar-refractivity contribution in [2.24, 2.45) is 0 Å². The van der Waals surface area contributed by atoms with Crippen LogP contribution >= 0.6 is 0 Å². The summed E-state index contributed by atoms with van der Waals surface area (Å²) in [5.41, 5.74) is 2.68. The first-order chi connectivity index (χ1) is 8.22. The van der Waals surface area contributed by atoms with Gasteiger partial charge in [0.2, 0.25) is 0 Å². The van der Waals surface area contributed by atoms with E-state index in [1.165, 1.54) is 24.0 Å². The van der Waals surface area contributed by atoms with Gasteiger partial charge in [-0.15, -0.1) is 0 Å². The Morgan fingerprint density at radius 3 is 2.82 bits per heavy atom. The van der Waals surface area contributed by atoms with E-state index in [-0.39, 0.29) is 0 Å². The third kappa shape index (κ3) is 3.01. The first-order valence-electron chi connectivity index (χ1n) is 6.72. The average Bonchev–Trinajstić information content (AvgIpc) is 2.72. The second-order valence-corrected chi connectivity index (χ2v) is 4.98. The van der Waals surface area contributed by atoms with Gasteiger partial charge in [-0.1, -0.05) is 31.5 Å². The molecule has 0 aliphatic carbocycles. The maximum Gasteiger partial charge on any atom is 0.123 e. The predicted octanol–water partition coefficient (Wildman–Crippen LogP) is 3.08. The van der Waals surface area contributed by atoms with Crippen LogP contribution in [0.15, 0.2) is 18.2 Å². The van der Waals surface area contributed by atoms with Gasteiger partial charge in [-0.25, -0.2) is 0 Å². The van der Waals surface area contributed by atoms with Gasteiger partial charge in [-0.2, -0.15) is 0 Å². The lowest BCUT2D eigenvalue weighted by atomic mass is 10.1. The Morgan fingerprint density at radius 2 is 2.12 bits per heavy atom. The smallest absolute Gasteiger partial charge is 0.123 e. The summed E-state index contributed by atoms with van der Waals surface area (Å²) in [6.45, 7) is 7.56. The van der Waals surface area contributed by atoms with E-state index in [2.05, 4.69) is 44.3 Å². The van der Waals surface area contributed by atoms with E-state index in [0.29, 0.717) is 12.1 Å². The van der Waals surface area contributed by atoms with Crippen molar-refractivity contribution < 1.29 is 4.74 Å². The van der Waals surface area contributed by atoms with Gasteiger partial charge in [0.25, 0.3) is 0 Å². The molecular formula is C15H23NO. The van der Waals surface area contributed by atoms with E-state index in [9.17, 15) is 0 Å². The van der Waals surface area contributed by atoms with Gasteiger partial charge in [0.15, 0.2) is 0 Å². The molecule has 1 heterocycles. The zero-order chi connectivity index (χ0) is 12.3. The monoisotopic (exact) mass is 233 g/mol. The normalized spacial score (nSPS) is 18.2. The predicted molar refractivity (Wildman–Crippen MR) is 71.7 cm³/mol. The highest BCUT2D eigenvalue weighted by Crippen LogP contribution is 2.29. The largest absolute Gasteiger partial charge is 0.488 e. The number of hydrogen-bond donors (Lipinski definition) is 1. The number of hydrogen-bond acceptors (Lipinski definition) is 2. The standard InChI is InChI=1S/C15H23NO/c1-4-13(5-2)16-10-14-9-12-8-11(3)6-7-15(12)17-14/h6-8,13-14,16H,4-5,9-10H2,1-3H3. The summed E-state index contributed by atoms with van der Waals surface area (Å²) < 4.78 is 5.94. The number of rotatable bonds is 5. The van der Waals surface area contributed by atoms with Gasteiger partial charge in [-0.05, 0) is 31.4 Å². The molecule has 0 amide bonds. The second kappa shape index (κ2) is 5.54. The van der Waals surface area contributed by atoms with E-state index in [4.69, 9.17) is 4.74 Å². The fraction of sp³-hybridized carbons (Fsp3) is 0.600. The van der Waals surface area contributed by atoms with Crippen molar-refractivity contribution in [3.8, 4) is 5.75 Å². The van der Waals surface area contributed by atoms with Crippen LogP contribution in [0.5, 0.6) is 5.75 Å². The molecule has 1 N–H and O–H groups in total. The topological polar surface area (TPSA) is 21.3 Å². The van der Waals surface area contributed by atoms with Crippen molar-refractivity contribution in [1.29, 1.82) is 0 Å². The first kappa shape index (κ1) is 12.4. The molecule has 0 aromatic heterocycles. The van der Waals surface area contributed by atoms with E-state index in [0.717, 1.165) is 18.7 Å². The Bertz CT molecular complexity index is 371. The van der Waals surface area contributed by atoms with Crippen LogP contribution in [0, 0.1) is 6.92 Å². The molecular weight excluding hydrogens is 210 g/mol. The Labute approximate surface area is 104 Å². The summed E-state index contributed by atoms with van der Waals surface area (Å²) in [6, 6.07) is 7.09. The molecule has 0 saturated heterocycles. The lowest BCUT2D eigenvalue weighted by Gasteiger charge is -2.18. The highest BCUT2D eigenvalue weighted by molar-refractivity contribution is 5.40. The van der Waals surface area contributed by atoms with Gasteiger partial charge in [0, 0.05) is 19.0 Å². The fourth-order valence-electron chi connectivity index (χ4n) is 2.44. The Balaban J connectivity index is 1.88. The molecule has 1 aromatic carbocycles. The van der Waals surface area contributed by atoms with Gasteiger partial charge in [-0.3, -0.25) is 0 Å². The molecule has 0 bridgehead atoms. The van der Waals surface area contributed by atoms with Crippen LogP contribution in [-0.2, 0) is 6.42 Å². The van der Waals surface area contributed by atoms with Gasteiger partial charge in [0.05, 0.1) is 0 Å². The zero-order valence-electron chi connectivity index (χ0n) is 11.1. The molecule has 1 aliphatic rings. The second-order valence-electron chi connectivity index (χ2n) is 4.98. The molecule has 94 valence electrons. The fourth-order valence-corrected chi connectivity index (χ4v) is 2.44. The maximum absolute atomic E-state index is 5.94. The molecule has 2 rings (SSSR count). The third-order valence-electron chi connectivity index (χ3n) is 3.58. The van der Waals surface area contributed by atoms with Crippen molar-refractivity contribution in [2.45, 2.75) is 52.2 Å². The SMILES string of the molecule is CCC(CC)NCC1Cc2cc(C)ccc2O1. The van der Waals surface area contributed by atoms with Crippen molar-refractivity contribution in [1.82, 2.24) is 5.32 Å². The summed E-state index contributed by atoms with van der Waals surface area (Å²) in [5, 5.41) is 3.59. The molecule has 2 heteroatoms. The summed E-state index contributed by atoms with van der Waals surface area (Å²) in [4.78, 5) is 0. The number of fused-ring (bicyclic) bond motifs is 1. The Hall–Kier alpha value is -1.02. The molecule has 1 unspecified atom stereocenters. The molecule has 0 fully saturated rings. The van der Waals surface area contributed by atoms with Gasteiger partial charge < -0.3 is 10.1 Å². The van der Waals surface area contributed by atoms with Crippen molar-refractivity contribution in [3.05, 3.63) is 29.3 Å². The van der Waals surface area contributed by atoms with Crippen LogP contribution in [0.2, 0.25) is 0 Å². The highest BCUT2D eigenvalue weighted by Gasteiger charge is 2.22. The van der Waals surface area contributed by atoms with E-state index in [1.807, 2.05) is 0 Å². The number of nitrogens with one attached hydrogen (secondary N) is 1. The van der Waals surface area contributed by atoms with Crippen LogP contribution in [0.4, 0.5) is 0 Å². The molecule has 0 radical (unpaired) electrons. The van der Waals surface area contributed by atoms with Gasteiger partial charge in [0.1, 0.15) is 11.9 Å². The Kier molecular flexibility index (Phi) is 4.06. The number of benzene rings is 1. The maximum atomic E-state index is 5.94. The highest BCUT2D eigenvalue weighted by atomic mass is 16.5.